The molecule has 0 radical (unpaired) electrons. The first-order valence-electron chi connectivity index (χ1n) is 7.79. The zero-order valence-electron chi connectivity index (χ0n) is 13.8. The van der Waals surface area contributed by atoms with Crippen LogP contribution in [0.5, 0.6) is 0 Å². The van der Waals surface area contributed by atoms with Crippen LogP contribution in [0.1, 0.15) is 10.4 Å². The Morgan fingerprint density at radius 1 is 0.889 bits per heavy atom. The van der Waals surface area contributed by atoms with Crippen LogP contribution in [-0.4, -0.2) is 14.3 Å². The Morgan fingerprint density at radius 2 is 1.59 bits per heavy atom. The van der Waals surface area contributed by atoms with Crippen molar-refractivity contribution in [2.24, 2.45) is 0 Å². The Bertz CT molecular complexity index is 1090. The summed E-state index contributed by atoms with van der Waals surface area (Å²) in [7, 11) is -3.87. The fourth-order valence-corrected chi connectivity index (χ4v) is 3.67. The van der Waals surface area contributed by atoms with Crippen molar-refractivity contribution in [2.75, 3.05) is 10.0 Å². The van der Waals surface area contributed by atoms with Gasteiger partial charge in [0.1, 0.15) is 5.82 Å². The molecule has 0 unspecified atom stereocenters. The second-order valence-electron chi connectivity index (χ2n) is 5.60. The summed E-state index contributed by atoms with van der Waals surface area (Å²) >= 11 is 3.28. The van der Waals surface area contributed by atoms with Crippen molar-refractivity contribution < 1.29 is 17.6 Å². The fraction of sp³-hybridized carbons (Fsp3) is 0. The van der Waals surface area contributed by atoms with E-state index in [1.165, 1.54) is 48.5 Å². The van der Waals surface area contributed by atoms with Crippen molar-refractivity contribution in [3.63, 3.8) is 0 Å². The molecule has 0 saturated carbocycles. The molecule has 27 heavy (non-hydrogen) atoms. The van der Waals surface area contributed by atoms with E-state index >= 15 is 0 Å². The summed E-state index contributed by atoms with van der Waals surface area (Å²) in [6, 6.07) is 17.7. The van der Waals surface area contributed by atoms with Crippen molar-refractivity contribution in [1.29, 1.82) is 0 Å². The van der Waals surface area contributed by atoms with Crippen LogP contribution in [0.15, 0.2) is 82.2 Å². The topological polar surface area (TPSA) is 75.3 Å². The largest absolute Gasteiger partial charge is 0.322 e. The molecule has 0 aliphatic rings. The van der Waals surface area contributed by atoms with Gasteiger partial charge in [0, 0.05) is 21.4 Å². The number of carbonyl (C=O) groups excluding carboxylic acids is 1. The van der Waals surface area contributed by atoms with Crippen LogP contribution in [0.25, 0.3) is 0 Å². The number of hydrogen-bond donors (Lipinski definition) is 2. The lowest BCUT2D eigenvalue weighted by Gasteiger charge is -2.10. The molecule has 3 aromatic rings. The molecule has 0 aliphatic carbocycles. The van der Waals surface area contributed by atoms with Gasteiger partial charge >= 0.3 is 0 Å². The summed E-state index contributed by atoms with van der Waals surface area (Å²) < 4.78 is 41.6. The van der Waals surface area contributed by atoms with Crippen LogP contribution in [-0.2, 0) is 10.0 Å². The van der Waals surface area contributed by atoms with E-state index in [-0.39, 0.29) is 16.1 Å². The molecule has 0 spiro atoms. The minimum absolute atomic E-state index is 0.0580. The maximum Gasteiger partial charge on any atom is 0.261 e. The third-order valence-corrected chi connectivity index (χ3v) is 5.49. The average Bonchev–Trinajstić information content (AvgIpc) is 2.63. The summed E-state index contributed by atoms with van der Waals surface area (Å²) in [5.74, 6) is -1.02. The van der Waals surface area contributed by atoms with Gasteiger partial charge in [0.15, 0.2) is 0 Å². The van der Waals surface area contributed by atoms with E-state index in [2.05, 4.69) is 26.0 Å². The SMILES string of the molecule is O=C(Nc1cccc(F)c1)c1cccc(S(=O)(=O)Nc2ccc(Br)cc2)c1. The maximum atomic E-state index is 13.2. The highest BCUT2D eigenvalue weighted by molar-refractivity contribution is 9.10. The highest BCUT2D eigenvalue weighted by Gasteiger charge is 2.17. The minimum Gasteiger partial charge on any atom is -0.322 e. The van der Waals surface area contributed by atoms with E-state index in [0.29, 0.717) is 5.69 Å². The van der Waals surface area contributed by atoms with Gasteiger partial charge in [-0.3, -0.25) is 9.52 Å². The molecule has 3 aromatic carbocycles. The number of amides is 1. The summed E-state index contributed by atoms with van der Waals surface area (Å²) in [4.78, 5) is 12.3. The quantitative estimate of drug-likeness (QED) is 0.596. The van der Waals surface area contributed by atoms with Crippen molar-refractivity contribution in [2.45, 2.75) is 4.90 Å². The zero-order chi connectivity index (χ0) is 19.4. The highest BCUT2D eigenvalue weighted by atomic mass is 79.9. The maximum absolute atomic E-state index is 13.2. The van der Waals surface area contributed by atoms with Crippen LogP contribution in [0, 0.1) is 5.82 Å². The smallest absolute Gasteiger partial charge is 0.261 e. The number of rotatable bonds is 5. The van der Waals surface area contributed by atoms with Crippen LogP contribution in [0.4, 0.5) is 15.8 Å². The van der Waals surface area contributed by atoms with Crippen LogP contribution < -0.4 is 10.0 Å². The molecule has 3 rings (SSSR count). The number of benzene rings is 3. The molecule has 0 aliphatic heterocycles. The van der Waals surface area contributed by atoms with Crippen molar-refractivity contribution in [1.82, 2.24) is 0 Å². The van der Waals surface area contributed by atoms with Crippen molar-refractivity contribution in [3.8, 4) is 0 Å². The van der Waals surface area contributed by atoms with Gasteiger partial charge in [-0.15, -0.1) is 0 Å². The van der Waals surface area contributed by atoms with Gasteiger partial charge in [0.25, 0.3) is 15.9 Å². The molecule has 0 fully saturated rings. The third-order valence-electron chi connectivity index (χ3n) is 3.59. The highest BCUT2D eigenvalue weighted by Crippen LogP contribution is 2.20. The van der Waals surface area contributed by atoms with E-state index in [0.717, 1.165) is 4.47 Å². The number of anilines is 2. The third kappa shape index (κ3) is 4.93. The lowest BCUT2D eigenvalue weighted by Crippen LogP contribution is -2.16. The van der Waals surface area contributed by atoms with Crippen molar-refractivity contribution >= 4 is 43.2 Å². The number of sulfonamides is 1. The van der Waals surface area contributed by atoms with Gasteiger partial charge in [-0.1, -0.05) is 28.1 Å². The number of hydrogen-bond acceptors (Lipinski definition) is 3. The Kier molecular flexibility index (Phi) is 5.57. The molecule has 138 valence electrons. The summed E-state index contributed by atoms with van der Waals surface area (Å²) in [5, 5.41) is 2.53. The molecular weight excluding hydrogens is 435 g/mol. The van der Waals surface area contributed by atoms with E-state index in [4.69, 9.17) is 0 Å². The summed E-state index contributed by atoms with van der Waals surface area (Å²) in [5.41, 5.74) is 0.812. The van der Waals surface area contributed by atoms with Crippen LogP contribution in [0.3, 0.4) is 0 Å². The van der Waals surface area contributed by atoms with Crippen LogP contribution >= 0.6 is 15.9 Å². The predicted octanol–water partition coefficient (Wildman–Crippen LogP) is 4.64. The molecule has 5 nitrogen and oxygen atoms in total. The Hall–Kier alpha value is -2.71. The average molecular weight is 449 g/mol. The molecule has 0 saturated heterocycles. The first-order chi connectivity index (χ1) is 12.8. The van der Waals surface area contributed by atoms with Crippen molar-refractivity contribution in [3.05, 3.63) is 88.6 Å². The molecule has 0 aromatic heterocycles. The Labute approximate surface area is 164 Å². The minimum atomic E-state index is -3.87. The van der Waals surface area contributed by atoms with E-state index < -0.39 is 21.7 Å². The second kappa shape index (κ2) is 7.89. The molecule has 0 atom stereocenters. The molecular formula is C19H14BrFN2O3S. The zero-order valence-corrected chi connectivity index (χ0v) is 16.2. The van der Waals surface area contributed by atoms with E-state index in [9.17, 15) is 17.6 Å². The molecule has 0 bridgehead atoms. The molecule has 0 heterocycles. The first kappa shape index (κ1) is 19.1. The Morgan fingerprint density at radius 3 is 2.30 bits per heavy atom. The number of carbonyl (C=O) groups is 1. The van der Waals surface area contributed by atoms with E-state index in [1.807, 2.05) is 0 Å². The predicted molar refractivity (Wildman–Crippen MR) is 106 cm³/mol. The summed E-state index contributed by atoms with van der Waals surface area (Å²) in [6.07, 6.45) is 0. The van der Waals surface area contributed by atoms with Gasteiger partial charge < -0.3 is 5.32 Å². The lowest BCUT2D eigenvalue weighted by molar-refractivity contribution is 0.102. The van der Waals surface area contributed by atoms with Gasteiger partial charge in [0.05, 0.1) is 4.90 Å². The Balaban J connectivity index is 1.81. The van der Waals surface area contributed by atoms with Gasteiger partial charge in [-0.25, -0.2) is 12.8 Å². The standard InChI is InChI=1S/C19H14BrFN2O3S/c20-14-7-9-16(10-8-14)23-27(25,26)18-6-1-3-13(11-18)19(24)22-17-5-2-4-15(21)12-17/h1-12,23H,(H,22,24). The van der Waals surface area contributed by atoms with Gasteiger partial charge in [-0.05, 0) is 60.7 Å². The fourth-order valence-electron chi connectivity index (χ4n) is 2.31. The summed E-state index contributed by atoms with van der Waals surface area (Å²) in [6.45, 7) is 0. The number of halogens is 2. The normalized spacial score (nSPS) is 11.0. The number of nitrogens with one attached hydrogen (secondary N) is 2. The van der Waals surface area contributed by atoms with Crippen LogP contribution in [0.2, 0.25) is 0 Å². The lowest BCUT2D eigenvalue weighted by atomic mass is 10.2. The van der Waals surface area contributed by atoms with Gasteiger partial charge in [-0.2, -0.15) is 0 Å². The second-order valence-corrected chi connectivity index (χ2v) is 8.20. The molecule has 2 N–H and O–H groups in total. The molecule has 1 amide bonds. The first-order valence-corrected chi connectivity index (χ1v) is 10.1. The van der Waals surface area contributed by atoms with E-state index in [1.54, 1.807) is 24.3 Å². The monoisotopic (exact) mass is 448 g/mol. The molecule has 8 heteroatoms. The van der Waals surface area contributed by atoms with Gasteiger partial charge in [0.2, 0.25) is 0 Å².